The monoisotopic (exact) mass is 628 g/mol. The number of hydrogen-bond acceptors (Lipinski definition) is 4. The van der Waals surface area contributed by atoms with Crippen LogP contribution in [0.3, 0.4) is 0 Å². The second-order valence-corrected chi connectivity index (χ2v) is 12.0. The van der Waals surface area contributed by atoms with E-state index in [0.29, 0.717) is 34.7 Å². The van der Waals surface area contributed by atoms with E-state index < -0.39 is 0 Å². The predicted molar refractivity (Wildman–Crippen MR) is 200 cm³/mol. The highest BCUT2D eigenvalue weighted by Crippen LogP contribution is 2.38. The van der Waals surface area contributed by atoms with Crippen LogP contribution in [-0.4, -0.2) is 15.0 Å². The Labute approximate surface area is 285 Å². The molecule has 0 aliphatic rings. The van der Waals surface area contributed by atoms with E-state index in [4.69, 9.17) is 20.7 Å². The van der Waals surface area contributed by atoms with Gasteiger partial charge in [0.05, 0.1) is 1.37 Å². The molecule has 2 aromatic heterocycles. The van der Waals surface area contributed by atoms with Gasteiger partial charge in [-0.2, -0.15) is 0 Å². The second-order valence-electron chi connectivity index (χ2n) is 12.0. The number of furan rings is 1. The maximum Gasteiger partial charge on any atom is 0.164 e. The van der Waals surface area contributed by atoms with Crippen LogP contribution < -0.4 is 0 Å². The van der Waals surface area contributed by atoms with Crippen LogP contribution in [0.15, 0.2) is 180 Å². The zero-order chi connectivity index (χ0) is 33.4. The van der Waals surface area contributed by atoms with Gasteiger partial charge in [-0.3, -0.25) is 0 Å². The lowest BCUT2D eigenvalue weighted by Gasteiger charge is -2.09. The average Bonchev–Trinajstić information content (AvgIpc) is 3.58. The first-order valence-electron chi connectivity index (χ1n) is 16.8. The number of aromatic nitrogens is 3. The van der Waals surface area contributed by atoms with Gasteiger partial charge in [0.25, 0.3) is 0 Å². The summed E-state index contributed by atoms with van der Waals surface area (Å²) in [7, 11) is 0. The third-order valence-electron chi connectivity index (χ3n) is 8.89. The number of nitrogens with zero attached hydrogens (tertiary/aromatic N) is 3. The Hall–Kier alpha value is -6.65. The Morgan fingerprint density at radius 1 is 0.367 bits per heavy atom. The van der Waals surface area contributed by atoms with E-state index >= 15 is 0 Å². The summed E-state index contributed by atoms with van der Waals surface area (Å²) in [6.45, 7) is 0. The molecule has 4 nitrogen and oxygen atoms in total. The van der Waals surface area contributed by atoms with Gasteiger partial charge in [0.1, 0.15) is 11.2 Å². The molecule has 0 radical (unpaired) electrons. The molecule has 4 heteroatoms. The van der Waals surface area contributed by atoms with E-state index in [2.05, 4.69) is 78.9 Å². The highest BCUT2D eigenvalue weighted by Gasteiger charge is 2.18. The minimum Gasteiger partial charge on any atom is -0.456 e. The first kappa shape index (κ1) is 27.5. The molecule has 0 fully saturated rings. The molecule has 49 heavy (non-hydrogen) atoms. The van der Waals surface area contributed by atoms with E-state index in [0.717, 1.165) is 49.7 Å². The first-order valence-corrected chi connectivity index (χ1v) is 16.3. The van der Waals surface area contributed by atoms with Crippen molar-refractivity contribution in [2.45, 2.75) is 0 Å². The van der Waals surface area contributed by atoms with Crippen molar-refractivity contribution in [2.75, 3.05) is 0 Å². The largest absolute Gasteiger partial charge is 0.456 e. The first-order chi connectivity index (χ1) is 24.7. The maximum atomic E-state index is 8.99. The molecule has 0 aliphatic carbocycles. The van der Waals surface area contributed by atoms with Crippen LogP contribution in [0, 0.1) is 0 Å². The van der Waals surface area contributed by atoms with E-state index in [1.165, 1.54) is 11.1 Å². The molecule has 0 atom stereocenters. The van der Waals surface area contributed by atoms with Gasteiger partial charge >= 0.3 is 0 Å². The van der Waals surface area contributed by atoms with Crippen LogP contribution in [0.1, 0.15) is 1.37 Å². The number of hydrogen-bond donors (Lipinski definition) is 0. The molecule has 0 saturated heterocycles. The Kier molecular flexibility index (Phi) is 6.83. The molecule has 0 saturated carbocycles. The van der Waals surface area contributed by atoms with Gasteiger partial charge in [-0.1, -0.05) is 158 Å². The molecule has 0 spiro atoms. The van der Waals surface area contributed by atoms with Crippen molar-refractivity contribution in [3.05, 3.63) is 176 Å². The Bertz CT molecular complexity index is 2560. The van der Waals surface area contributed by atoms with Gasteiger partial charge < -0.3 is 4.42 Å². The van der Waals surface area contributed by atoms with Crippen LogP contribution in [-0.2, 0) is 0 Å². The molecule has 2 heterocycles. The fraction of sp³-hybridized carbons (Fsp3) is 0. The molecule has 0 unspecified atom stereocenters. The van der Waals surface area contributed by atoms with Gasteiger partial charge in [-0.15, -0.1) is 0 Å². The molecule has 0 aliphatic heterocycles. The Balaban J connectivity index is 1.14. The SMILES string of the molecule is [2H]c1cc(-c2ccc(-c3ccc(-c4ccccc4)cc3)cc2)cc2c1oc1cccc(-c3nc(-c4ccccc4)nc(-c4ccccc4)n3)c12. The lowest BCUT2D eigenvalue weighted by atomic mass is 9.97. The summed E-state index contributed by atoms with van der Waals surface area (Å²) in [5.41, 5.74) is 10.5. The molecule has 9 rings (SSSR count). The van der Waals surface area contributed by atoms with Crippen molar-refractivity contribution in [3.8, 4) is 67.5 Å². The quantitative estimate of drug-likeness (QED) is 0.184. The normalized spacial score (nSPS) is 11.6. The minimum atomic E-state index is 0.325. The molecule has 7 aromatic carbocycles. The molecule has 0 N–H and O–H groups in total. The molecule has 0 bridgehead atoms. The highest BCUT2D eigenvalue weighted by atomic mass is 16.3. The predicted octanol–water partition coefficient (Wildman–Crippen LogP) is 11.8. The maximum absolute atomic E-state index is 8.99. The summed E-state index contributed by atoms with van der Waals surface area (Å²) in [5, 5.41) is 1.72. The smallest absolute Gasteiger partial charge is 0.164 e. The molecule has 0 amide bonds. The lowest BCUT2D eigenvalue weighted by molar-refractivity contribution is 0.669. The average molecular weight is 629 g/mol. The van der Waals surface area contributed by atoms with Crippen molar-refractivity contribution in [1.82, 2.24) is 15.0 Å². The Morgan fingerprint density at radius 3 is 1.35 bits per heavy atom. The fourth-order valence-corrected chi connectivity index (χ4v) is 6.38. The number of benzene rings is 7. The Morgan fingerprint density at radius 2 is 0.816 bits per heavy atom. The van der Waals surface area contributed by atoms with E-state index in [-0.39, 0.29) is 0 Å². The van der Waals surface area contributed by atoms with Gasteiger partial charge in [-0.05, 0) is 51.6 Å². The standard InChI is InChI=1S/C45H29N3O/c1-4-11-30(12-5-1)31-19-21-32(22-20-31)33-23-25-34(26-24-33)37-27-28-40-39(29-37)42-38(17-10-18-41(42)49-40)45-47-43(35-13-6-2-7-14-35)46-44(48-45)36-15-8-3-9-16-36/h1-29H/i28D. The molecular formula is C45H29N3O. The van der Waals surface area contributed by atoms with Crippen molar-refractivity contribution >= 4 is 21.9 Å². The van der Waals surface area contributed by atoms with Crippen LogP contribution in [0.4, 0.5) is 0 Å². The van der Waals surface area contributed by atoms with Gasteiger partial charge in [-0.25, -0.2) is 15.0 Å². The summed E-state index contributed by atoms with van der Waals surface area (Å²) in [6, 6.07) is 57.7. The van der Waals surface area contributed by atoms with E-state index in [1.807, 2.05) is 91.0 Å². The lowest BCUT2D eigenvalue weighted by Crippen LogP contribution is -2.00. The molecular weight excluding hydrogens is 599 g/mol. The minimum absolute atomic E-state index is 0.325. The zero-order valence-corrected chi connectivity index (χ0v) is 26.4. The van der Waals surface area contributed by atoms with Crippen LogP contribution in [0.2, 0.25) is 0 Å². The fourth-order valence-electron chi connectivity index (χ4n) is 6.38. The van der Waals surface area contributed by atoms with Crippen LogP contribution in [0.5, 0.6) is 0 Å². The number of rotatable bonds is 6. The van der Waals surface area contributed by atoms with Crippen molar-refractivity contribution in [1.29, 1.82) is 0 Å². The van der Waals surface area contributed by atoms with E-state index in [9.17, 15) is 0 Å². The zero-order valence-electron chi connectivity index (χ0n) is 27.4. The van der Waals surface area contributed by atoms with Crippen LogP contribution >= 0.6 is 0 Å². The van der Waals surface area contributed by atoms with Gasteiger partial charge in [0, 0.05) is 27.5 Å². The third kappa shape index (κ3) is 5.45. The number of fused-ring (bicyclic) bond motifs is 3. The summed E-state index contributed by atoms with van der Waals surface area (Å²) in [6.07, 6.45) is 0. The molecule has 9 aromatic rings. The molecule has 230 valence electrons. The topological polar surface area (TPSA) is 51.8 Å². The second kappa shape index (κ2) is 12.2. The van der Waals surface area contributed by atoms with Crippen molar-refractivity contribution in [2.24, 2.45) is 0 Å². The van der Waals surface area contributed by atoms with Crippen molar-refractivity contribution < 1.29 is 5.79 Å². The van der Waals surface area contributed by atoms with Gasteiger partial charge in [0.2, 0.25) is 0 Å². The summed E-state index contributed by atoms with van der Waals surface area (Å²) < 4.78 is 15.3. The van der Waals surface area contributed by atoms with Gasteiger partial charge in [0.15, 0.2) is 17.5 Å². The summed E-state index contributed by atoms with van der Waals surface area (Å²) >= 11 is 0. The highest BCUT2D eigenvalue weighted by molar-refractivity contribution is 6.12. The van der Waals surface area contributed by atoms with E-state index in [1.54, 1.807) is 0 Å². The summed E-state index contributed by atoms with van der Waals surface area (Å²) in [5.74, 6) is 1.73. The van der Waals surface area contributed by atoms with Crippen molar-refractivity contribution in [3.63, 3.8) is 0 Å². The third-order valence-corrected chi connectivity index (χ3v) is 8.89. The summed E-state index contributed by atoms with van der Waals surface area (Å²) in [4.78, 5) is 14.8. The van der Waals surface area contributed by atoms with Crippen LogP contribution in [0.25, 0.3) is 89.5 Å².